The van der Waals surface area contributed by atoms with E-state index in [0.717, 1.165) is 12.2 Å². The van der Waals surface area contributed by atoms with Crippen molar-refractivity contribution in [2.24, 2.45) is 0 Å². The lowest BCUT2D eigenvalue weighted by Crippen LogP contribution is -2.21. The van der Waals surface area contributed by atoms with Crippen LogP contribution in [0.25, 0.3) is 0 Å². The van der Waals surface area contributed by atoms with Crippen molar-refractivity contribution >= 4 is 0 Å². The number of fused-ring (bicyclic) bond motifs is 1. The monoisotopic (exact) mass is 162 g/mol. The standard InChI is InChI=1S/C11H14O/c1-8-7-9(2)12-11-6-4-3-5-10(8)11/h3-6,8-9H,7H2,1-2H3. The first-order valence-electron chi connectivity index (χ1n) is 4.53. The van der Waals surface area contributed by atoms with Crippen LogP contribution in [0.2, 0.25) is 0 Å². The van der Waals surface area contributed by atoms with Crippen LogP contribution in [0.5, 0.6) is 5.75 Å². The van der Waals surface area contributed by atoms with Gasteiger partial charge in [-0.3, -0.25) is 0 Å². The molecule has 0 aliphatic carbocycles. The topological polar surface area (TPSA) is 9.23 Å². The first-order chi connectivity index (χ1) is 5.77. The summed E-state index contributed by atoms with van der Waals surface area (Å²) in [6.07, 6.45) is 1.51. The Morgan fingerprint density at radius 1 is 1.25 bits per heavy atom. The smallest absolute Gasteiger partial charge is 0.123 e. The number of benzene rings is 1. The zero-order valence-electron chi connectivity index (χ0n) is 7.58. The van der Waals surface area contributed by atoms with Gasteiger partial charge in [-0.1, -0.05) is 25.1 Å². The van der Waals surface area contributed by atoms with Crippen LogP contribution in [0.3, 0.4) is 0 Å². The number of hydrogen-bond donors (Lipinski definition) is 0. The predicted octanol–water partition coefficient (Wildman–Crippen LogP) is 2.96. The van der Waals surface area contributed by atoms with Gasteiger partial charge in [-0.25, -0.2) is 0 Å². The van der Waals surface area contributed by atoms with Gasteiger partial charge in [-0.2, -0.15) is 0 Å². The van der Waals surface area contributed by atoms with E-state index in [-0.39, 0.29) is 0 Å². The molecule has 1 aliphatic heterocycles. The lowest BCUT2D eigenvalue weighted by molar-refractivity contribution is 0.179. The minimum absolute atomic E-state index is 0.370. The van der Waals surface area contributed by atoms with Crippen molar-refractivity contribution in [3.8, 4) is 5.75 Å². The van der Waals surface area contributed by atoms with E-state index in [9.17, 15) is 0 Å². The Morgan fingerprint density at radius 3 is 2.83 bits per heavy atom. The molecule has 2 atom stereocenters. The zero-order valence-corrected chi connectivity index (χ0v) is 7.58. The summed E-state index contributed by atoms with van der Waals surface area (Å²) >= 11 is 0. The van der Waals surface area contributed by atoms with E-state index in [1.54, 1.807) is 0 Å². The highest BCUT2D eigenvalue weighted by molar-refractivity contribution is 5.37. The molecule has 0 aromatic heterocycles. The SMILES string of the molecule is CC1CC(C)c2ccccc2O1. The molecule has 1 aliphatic rings. The molecule has 64 valence electrons. The molecule has 0 saturated heterocycles. The Balaban J connectivity index is 2.40. The molecule has 1 heterocycles. The minimum Gasteiger partial charge on any atom is -0.490 e. The molecule has 0 N–H and O–H groups in total. The molecule has 1 aromatic rings. The maximum absolute atomic E-state index is 5.70. The fourth-order valence-electron chi connectivity index (χ4n) is 1.88. The Hall–Kier alpha value is -0.980. The largest absolute Gasteiger partial charge is 0.490 e. The van der Waals surface area contributed by atoms with E-state index >= 15 is 0 Å². The molecule has 0 radical (unpaired) electrons. The van der Waals surface area contributed by atoms with Crippen LogP contribution in [-0.2, 0) is 0 Å². The van der Waals surface area contributed by atoms with Gasteiger partial charge in [0.25, 0.3) is 0 Å². The van der Waals surface area contributed by atoms with Crippen LogP contribution in [0.1, 0.15) is 31.7 Å². The maximum atomic E-state index is 5.70. The van der Waals surface area contributed by atoms with Gasteiger partial charge in [0.05, 0.1) is 6.10 Å². The number of hydrogen-bond acceptors (Lipinski definition) is 1. The summed E-state index contributed by atoms with van der Waals surface area (Å²) in [6, 6.07) is 8.33. The summed E-state index contributed by atoms with van der Waals surface area (Å²) in [5, 5.41) is 0. The van der Waals surface area contributed by atoms with Crippen molar-refractivity contribution in [3.05, 3.63) is 29.8 Å². The fraction of sp³-hybridized carbons (Fsp3) is 0.455. The van der Waals surface area contributed by atoms with Crippen LogP contribution in [0.4, 0.5) is 0 Å². The van der Waals surface area contributed by atoms with Gasteiger partial charge >= 0.3 is 0 Å². The van der Waals surface area contributed by atoms with Gasteiger partial charge < -0.3 is 4.74 Å². The van der Waals surface area contributed by atoms with Crippen LogP contribution < -0.4 is 4.74 Å². The van der Waals surface area contributed by atoms with Gasteiger partial charge in [0.2, 0.25) is 0 Å². The third-order valence-corrected chi connectivity index (χ3v) is 2.46. The summed E-state index contributed by atoms with van der Waals surface area (Å²) in [7, 11) is 0. The number of rotatable bonds is 0. The quantitative estimate of drug-likeness (QED) is 0.570. The van der Waals surface area contributed by atoms with Gasteiger partial charge in [0.15, 0.2) is 0 Å². The van der Waals surface area contributed by atoms with Crippen molar-refractivity contribution in [1.29, 1.82) is 0 Å². The summed E-state index contributed by atoms with van der Waals surface area (Å²) in [5.41, 5.74) is 1.36. The van der Waals surface area contributed by atoms with Crippen LogP contribution in [-0.4, -0.2) is 6.10 Å². The average Bonchev–Trinajstić information content (AvgIpc) is 2.04. The first kappa shape index (κ1) is 7.66. The van der Waals surface area contributed by atoms with Crippen LogP contribution in [0.15, 0.2) is 24.3 Å². The van der Waals surface area contributed by atoms with Gasteiger partial charge in [-0.05, 0) is 30.9 Å². The lowest BCUT2D eigenvalue weighted by atomic mass is 9.92. The van der Waals surface area contributed by atoms with Crippen molar-refractivity contribution in [2.45, 2.75) is 32.3 Å². The summed E-state index contributed by atoms with van der Waals surface area (Å²) in [4.78, 5) is 0. The van der Waals surface area contributed by atoms with Gasteiger partial charge in [-0.15, -0.1) is 0 Å². The minimum atomic E-state index is 0.370. The van der Waals surface area contributed by atoms with Crippen molar-refractivity contribution in [2.75, 3.05) is 0 Å². The number of para-hydroxylation sites is 1. The molecule has 0 saturated carbocycles. The highest BCUT2D eigenvalue weighted by atomic mass is 16.5. The Bertz CT molecular complexity index is 280. The van der Waals surface area contributed by atoms with E-state index in [4.69, 9.17) is 4.74 Å². The van der Waals surface area contributed by atoms with Crippen molar-refractivity contribution in [3.63, 3.8) is 0 Å². The van der Waals surface area contributed by atoms with Gasteiger partial charge in [0.1, 0.15) is 5.75 Å². The van der Waals surface area contributed by atoms with Crippen molar-refractivity contribution < 1.29 is 4.74 Å². The summed E-state index contributed by atoms with van der Waals surface area (Å²) in [5.74, 6) is 1.72. The molecule has 1 nitrogen and oxygen atoms in total. The summed E-state index contributed by atoms with van der Waals surface area (Å²) in [6.45, 7) is 4.39. The van der Waals surface area contributed by atoms with Crippen LogP contribution in [0, 0.1) is 0 Å². The Labute approximate surface area is 73.4 Å². The molecule has 12 heavy (non-hydrogen) atoms. The van der Waals surface area contributed by atoms with Crippen LogP contribution >= 0.6 is 0 Å². The predicted molar refractivity (Wildman–Crippen MR) is 49.6 cm³/mol. The van der Waals surface area contributed by atoms with E-state index in [2.05, 4.69) is 32.0 Å². The molecule has 0 spiro atoms. The fourth-order valence-corrected chi connectivity index (χ4v) is 1.88. The highest BCUT2D eigenvalue weighted by Gasteiger charge is 2.21. The second-order valence-corrected chi connectivity index (χ2v) is 3.60. The Morgan fingerprint density at radius 2 is 2.00 bits per heavy atom. The second kappa shape index (κ2) is 2.81. The highest BCUT2D eigenvalue weighted by Crippen LogP contribution is 2.35. The van der Waals surface area contributed by atoms with E-state index in [1.807, 2.05) is 6.07 Å². The number of ether oxygens (including phenoxy) is 1. The van der Waals surface area contributed by atoms with E-state index in [1.165, 1.54) is 5.56 Å². The average molecular weight is 162 g/mol. The molecule has 2 unspecified atom stereocenters. The molecular weight excluding hydrogens is 148 g/mol. The third kappa shape index (κ3) is 1.20. The molecule has 1 aromatic carbocycles. The third-order valence-electron chi connectivity index (χ3n) is 2.46. The Kier molecular flexibility index (Phi) is 1.80. The van der Waals surface area contributed by atoms with E-state index < -0.39 is 0 Å². The molecule has 0 bridgehead atoms. The molecule has 0 amide bonds. The molecule has 2 rings (SSSR count). The molecule has 0 fully saturated rings. The molecule has 1 heteroatoms. The molecular formula is C11H14O. The zero-order chi connectivity index (χ0) is 8.55. The first-order valence-corrected chi connectivity index (χ1v) is 4.53. The van der Waals surface area contributed by atoms with Crippen molar-refractivity contribution in [1.82, 2.24) is 0 Å². The normalized spacial score (nSPS) is 27.5. The second-order valence-electron chi connectivity index (χ2n) is 3.60. The maximum Gasteiger partial charge on any atom is 0.123 e. The van der Waals surface area contributed by atoms with Gasteiger partial charge in [0, 0.05) is 0 Å². The lowest BCUT2D eigenvalue weighted by Gasteiger charge is -2.27. The van der Waals surface area contributed by atoms with E-state index in [0.29, 0.717) is 12.0 Å². The summed E-state index contributed by atoms with van der Waals surface area (Å²) < 4.78 is 5.70.